The first-order valence-corrected chi connectivity index (χ1v) is 14.5. The third-order valence-electron chi connectivity index (χ3n) is 9.65. The number of hydrogen-bond acceptors (Lipinski definition) is 4. The minimum Gasteiger partial charge on any atom is -0.393 e. The van der Waals surface area contributed by atoms with Crippen molar-refractivity contribution in [1.29, 1.82) is 0 Å². The zero-order valence-electron chi connectivity index (χ0n) is 23.2. The molecular weight excluding hydrogens is 436 g/mol. The molecule has 0 aromatic heterocycles. The molecule has 3 aliphatic carbocycles. The molecule has 3 rings (SSSR count). The van der Waals surface area contributed by atoms with Crippen LogP contribution in [0.4, 0.5) is 0 Å². The van der Waals surface area contributed by atoms with Gasteiger partial charge in [-0.2, -0.15) is 0 Å². The van der Waals surface area contributed by atoms with Gasteiger partial charge in [-0.05, 0) is 114 Å². The predicted molar refractivity (Wildman–Crippen MR) is 144 cm³/mol. The van der Waals surface area contributed by atoms with Gasteiger partial charge in [0.05, 0.1) is 23.9 Å². The summed E-state index contributed by atoms with van der Waals surface area (Å²) in [6.45, 7) is 10.6. The molecule has 0 spiro atoms. The number of rotatable bonds is 10. The fourth-order valence-electron chi connectivity index (χ4n) is 7.65. The Bertz CT molecular complexity index is 721. The van der Waals surface area contributed by atoms with Crippen molar-refractivity contribution in [1.82, 2.24) is 0 Å². The molecule has 4 heteroatoms. The van der Waals surface area contributed by atoms with Crippen LogP contribution in [0, 0.1) is 29.1 Å². The molecule has 202 valence electrons. The Morgan fingerprint density at radius 2 is 1.71 bits per heavy atom. The summed E-state index contributed by atoms with van der Waals surface area (Å²) >= 11 is 0. The van der Waals surface area contributed by atoms with Gasteiger partial charge in [0, 0.05) is 0 Å². The maximum absolute atomic E-state index is 10.6. The maximum Gasteiger partial charge on any atom is 0.0602 e. The van der Waals surface area contributed by atoms with Gasteiger partial charge in [-0.3, -0.25) is 0 Å². The molecule has 3 aliphatic rings. The zero-order chi connectivity index (χ0) is 25.8. The molecule has 3 fully saturated rings. The number of aliphatic hydroxyl groups excluding tert-OH is 3. The van der Waals surface area contributed by atoms with Crippen molar-refractivity contribution in [2.75, 3.05) is 0 Å². The molecular formula is C31H54O4. The Hall–Kier alpha value is -0.680. The average molecular weight is 491 g/mol. The van der Waals surface area contributed by atoms with E-state index < -0.39 is 17.8 Å². The smallest absolute Gasteiger partial charge is 0.0602 e. The fourth-order valence-corrected chi connectivity index (χ4v) is 7.65. The van der Waals surface area contributed by atoms with Crippen molar-refractivity contribution in [2.24, 2.45) is 29.1 Å². The van der Waals surface area contributed by atoms with E-state index in [-0.39, 0.29) is 6.10 Å². The molecule has 0 amide bonds. The Balaban J connectivity index is 1.75. The van der Waals surface area contributed by atoms with Crippen molar-refractivity contribution in [3.63, 3.8) is 0 Å². The largest absolute Gasteiger partial charge is 0.393 e. The summed E-state index contributed by atoms with van der Waals surface area (Å²) in [6.07, 6.45) is 16.5. The van der Waals surface area contributed by atoms with Gasteiger partial charge in [0.1, 0.15) is 0 Å². The van der Waals surface area contributed by atoms with Crippen molar-refractivity contribution in [2.45, 2.75) is 142 Å². The molecule has 0 aliphatic heterocycles. The molecule has 0 aromatic rings. The summed E-state index contributed by atoms with van der Waals surface area (Å²) in [7, 11) is 0. The van der Waals surface area contributed by atoms with Gasteiger partial charge in [-0.15, -0.1) is 0 Å². The van der Waals surface area contributed by atoms with Crippen LogP contribution in [0.1, 0.15) is 118 Å². The Morgan fingerprint density at radius 3 is 2.34 bits per heavy atom. The van der Waals surface area contributed by atoms with Crippen LogP contribution in [0.3, 0.4) is 0 Å². The number of hydrogen-bond donors (Lipinski definition) is 4. The van der Waals surface area contributed by atoms with Gasteiger partial charge < -0.3 is 20.4 Å². The van der Waals surface area contributed by atoms with E-state index in [9.17, 15) is 20.4 Å². The molecule has 0 aromatic carbocycles. The lowest BCUT2D eigenvalue weighted by Gasteiger charge is -2.45. The Labute approximate surface area is 214 Å². The monoisotopic (exact) mass is 490 g/mol. The molecule has 0 heterocycles. The van der Waals surface area contributed by atoms with E-state index in [4.69, 9.17) is 0 Å². The molecule has 1 unspecified atom stereocenters. The fraction of sp³-hybridized carbons (Fsp3) is 0.871. The van der Waals surface area contributed by atoms with Gasteiger partial charge in [-0.1, -0.05) is 56.9 Å². The highest BCUT2D eigenvalue weighted by molar-refractivity contribution is 5.26. The summed E-state index contributed by atoms with van der Waals surface area (Å²) in [5.41, 5.74) is 2.44. The van der Waals surface area contributed by atoms with E-state index in [0.29, 0.717) is 48.3 Å². The van der Waals surface area contributed by atoms with Crippen molar-refractivity contribution in [3.05, 3.63) is 23.3 Å². The van der Waals surface area contributed by atoms with Crippen molar-refractivity contribution < 1.29 is 20.4 Å². The summed E-state index contributed by atoms with van der Waals surface area (Å²) < 4.78 is 0. The summed E-state index contributed by atoms with van der Waals surface area (Å²) in [5, 5.41) is 41.0. The third kappa shape index (κ3) is 7.90. The topological polar surface area (TPSA) is 80.9 Å². The normalized spacial score (nSPS) is 36.1. The van der Waals surface area contributed by atoms with Crippen LogP contribution >= 0.6 is 0 Å². The highest BCUT2D eigenvalue weighted by atomic mass is 16.3. The minimum atomic E-state index is -0.612. The number of aliphatic hydroxyl groups is 4. The van der Waals surface area contributed by atoms with Crippen LogP contribution in [-0.2, 0) is 0 Å². The Morgan fingerprint density at radius 1 is 1.03 bits per heavy atom. The van der Waals surface area contributed by atoms with Gasteiger partial charge in [0.15, 0.2) is 0 Å². The lowest BCUT2D eigenvalue weighted by atomic mass is 9.60. The van der Waals surface area contributed by atoms with Crippen LogP contribution in [0.2, 0.25) is 0 Å². The maximum atomic E-state index is 10.6. The van der Waals surface area contributed by atoms with E-state index in [1.165, 1.54) is 31.3 Å². The molecule has 35 heavy (non-hydrogen) atoms. The molecule has 3 saturated carbocycles. The first-order chi connectivity index (χ1) is 16.4. The quantitative estimate of drug-likeness (QED) is 0.289. The summed E-state index contributed by atoms with van der Waals surface area (Å²) in [4.78, 5) is 0. The van der Waals surface area contributed by atoms with Gasteiger partial charge in [0.2, 0.25) is 0 Å². The lowest BCUT2D eigenvalue weighted by Crippen LogP contribution is -2.37. The number of allylic oxidation sites excluding steroid dienone is 3. The second kappa shape index (κ2) is 12.2. The third-order valence-corrected chi connectivity index (χ3v) is 9.65. The van der Waals surface area contributed by atoms with Gasteiger partial charge >= 0.3 is 0 Å². The van der Waals surface area contributed by atoms with E-state index in [1.807, 2.05) is 13.8 Å². The second-order valence-electron chi connectivity index (χ2n) is 13.5. The molecule has 0 radical (unpaired) electrons. The standard InChI is InChI=1S/C31H54O4/c1-21(2)29(34)15-12-24(8-6-16-30(3,4)35)28-14-13-27-23(9-7-17-31(27,28)5)11-10-22-18-25(32)20-26(33)19-22/h10-11,21,24-29,32-35H,6-9,12-20H2,1-5H3/b22-10?,23-11+/t24-,25-,26?,27+,28-,29-,31+/m1/s1. The number of fused-ring (bicyclic) bond motifs is 1. The zero-order valence-corrected chi connectivity index (χ0v) is 23.2. The first-order valence-electron chi connectivity index (χ1n) is 14.5. The van der Waals surface area contributed by atoms with E-state index in [2.05, 4.69) is 32.9 Å². The van der Waals surface area contributed by atoms with Crippen LogP contribution in [-0.4, -0.2) is 44.3 Å². The average Bonchev–Trinajstić information content (AvgIpc) is 3.10. The van der Waals surface area contributed by atoms with Crippen molar-refractivity contribution in [3.8, 4) is 0 Å². The summed E-state index contributed by atoms with van der Waals surface area (Å²) in [5.74, 6) is 2.18. The van der Waals surface area contributed by atoms with Crippen molar-refractivity contribution >= 4 is 0 Å². The predicted octanol–water partition coefficient (Wildman–Crippen LogP) is 6.32. The second-order valence-corrected chi connectivity index (χ2v) is 13.5. The Kier molecular flexibility index (Phi) is 10.1. The molecule has 4 N–H and O–H groups in total. The molecule has 4 nitrogen and oxygen atoms in total. The van der Waals surface area contributed by atoms with E-state index in [1.54, 1.807) is 5.57 Å². The molecule has 0 saturated heterocycles. The SMILES string of the molecule is CC(C)[C@H](O)CC[C@@H](CCCC(C)(C)O)[C@H]1CC[C@H]2/C(=C/C=C3CC(O)C[C@H](O)C3)CCC[C@]12C. The highest BCUT2D eigenvalue weighted by Gasteiger charge is 2.51. The van der Waals surface area contributed by atoms with Crippen LogP contribution < -0.4 is 0 Å². The van der Waals surface area contributed by atoms with Crippen LogP contribution in [0.15, 0.2) is 23.3 Å². The van der Waals surface area contributed by atoms with E-state index >= 15 is 0 Å². The van der Waals surface area contributed by atoms with Crippen LogP contribution in [0.5, 0.6) is 0 Å². The summed E-state index contributed by atoms with van der Waals surface area (Å²) in [6, 6.07) is 0. The first kappa shape index (κ1) is 28.9. The minimum absolute atomic E-state index is 0.230. The lowest BCUT2D eigenvalue weighted by molar-refractivity contribution is 0.0478. The van der Waals surface area contributed by atoms with Crippen LogP contribution in [0.25, 0.3) is 0 Å². The van der Waals surface area contributed by atoms with Gasteiger partial charge in [0.25, 0.3) is 0 Å². The van der Waals surface area contributed by atoms with Gasteiger partial charge in [-0.25, -0.2) is 0 Å². The molecule has 7 atom stereocenters. The van der Waals surface area contributed by atoms with E-state index in [0.717, 1.165) is 38.5 Å². The molecule has 0 bridgehead atoms. The highest BCUT2D eigenvalue weighted by Crippen LogP contribution is 2.60.